The van der Waals surface area contributed by atoms with Crippen molar-refractivity contribution in [2.75, 3.05) is 5.32 Å². The fourth-order valence-electron chi connectivity index (χ4n) is 1.32. The lowest BCUT2D eigenvalue weighted by molar-refractivity contribution is -0.137. The molecule has 7 heteroatoms. The Bertz CT molecular complexity index is 490. The van der Waals surface area contributed by atoms with E-state index in [1.165, 1.54) is 18.2 Å². The standard InChI is InChI=1S/C12H13FN2O4/c13-8-3-1-4-9(7-8)14-12(19)15-10(16)5-2-6-11(17)18/h1,3-4,7H,2,5-6H2,(H,17,18)(H2,14,15,16,19). The Kier molecular flexibility index (Phi) is 5.46. The average molecular weight is 268 g/mol. The van der Waals surface area contributed by atoms with E-state index in [0.717, 1.165) is 6.07 Å². The van der Waals surface area contributed by atoms with Gasteiger partial charge < -0.3 is 10.4 Å². The lowest BCUT2D eigenvalue weighted by atomic mass is 10.2. The Morgan fingerprint density at radius 1 is 1.21 bits per heavy atom. The van der Waals surface area contributed by atoms with E-state index in [1.54, 1.807) is 0 Å². The molecule has 0 aromatic heterocycles. The number of carbonyl (C=O) groups excluding carboxylic acids is 2. The summed E-state index contributed by atoms with van der Waals surface area (Å²) in [5, 5.41) is 12.7. The molecule has 1 aromatic carbocycles. The predicted octanol–water partition coefficient (Wildman–Crippen LogP) is 1.73. The third-order valence-electron chi connectivity index (χ3n) is 2.13. The lowest BCUT2D eigenvalue weighted by Gasteiger charge is -2.06. The summed E-state index contributed by atoms with van der Waals surface area (Å²) in [6.07, 6.45) is -0.0593. The fraction of sp³-hybridized carbons (Fsp3) is 0.250. The first kappa shape index (κ1) is 14.6. The first-order valence-corrected chi connectivity index (χ1v) is 5.55. The minimum absolute atomic E-state index is 0.0666. The quantitative estimate of drug-likeness (QED) is 0.757. The second kappa shape index (κ2) is 7.10. The van der Waals surface area contributed by atoms with Gasteiger partial charge in [-0.3, -0.25) is 14.9 Å². The molecule has 0 spiro atoms. The van der Waals surface area contributed by atoms with Crippen LogP contribution in [0.3, 0.4) is 0 Å². The van der Waals surface area contributed by atoms with Crippen LogP contribution in [0.15, 0.2) is 24.3 Å². The number of urea groups is 1. The van der Waals surface area contributed by atoms with Crippen molar-refractivity contribution in [3.05, 3.63) is 30.1 Å². The van der Waals surface area contributed by atoms with Gasteiger partial charge >= 0.3 is 12.0 Å². The number of hydrogen-bond acceptors (Lipinski definition) is 3. The first-order chi connectivity index (χ1) is 8.97. The molecule has 0 heterocycles. The van der Waals surface area contributed by atoms with Crippen LogP contribution in [-0.4, -0.2) is 23.0 Å². The van der Waals surface area contributed by atoms with Gasteiger partial charge in [0.15, 0.2) is 0 Å². The van der Waals surface area contributed by atoms with Gasteiger partial charge in [-0.1, -0.05) is 6.07 Å². The highest BCUT2D eigenvalue weighted by Gasteiger charge is 2.09. The molecule has 6 nitrogen and oxygen atoms in total. The largest absolute Gasteiger partial charge is 0.481 e. The molecule has 1 aromatic rings. The molecule has 0 aliphatic rings. The highest BCUT2D eigenvalue weighted by atomic mass is 19.1. The molecule has 3 amide bonds. The van der Waals surface area contributed by atoms with Crippen LogP contribution in [0.25, 0.3) is 0 Å². The molecule has 3 N–H and O–H groups in total. The Morgan fingerprint density at radius 3 is 2.58 bits per heavy atom. The SMILES string of the molecule is O=C(O)CCCC(=O)NC(=O)Nc1cccc(F)c1. The summed E-state index contributed by atoms with van der Waals surface area (Å²) >= 11 is 0. The molecule has 0 aliphatic heterocycles. The van der Waals surface area contributed by atoms with Crippen LogP contribution in [-0.2, 0) is 9.59 Å². The fourth-order valence-corrected chi connectivity index (χ4v) is 1.32. The third-order valence-corrected chi connectivity index (χ3v) is 2.13. The Balaban J connectivity index is 2.34. The van der Waals surface area contributed by atoms with Gasteiger partial charge in [-0.15, -0.1) is 0 Å². The number of benzene rings is 1. The second-order valence-corrected chi connectivity index (χ2v) is 3.76. The number of aliphatic carboxylic acids is 1. The number of anilines is 1. The number of rotatable bonds is 5. The maximum Gasteiger partial charge on any atom is 0.325 e. The van der Waals surface area contributed by atoms with Gasteiger partial charge in [0.25, 0.3) is 0 Å². The molecule has 0 saturated heterocycles. The minimum atomic E-state index is -1.00. The van der Waals surface area contributed by atoms with Crippen molar-refractivity contribution in [2.24, 2.45) is 0 Å². The summed E-state index contributed by atoms with van der Waals surface area (Å²) in [5.41, 5.74) is 0.218. The van der Waals surface area contributed by atoms with Crippen LogP contribution in [0.4, 0.5) is 14.9 Å². The number of carboxylic acids is 1. The van der Waals surface area contributed by atoms with Crippen LogP contribution in [0.5, 0.6) is 0 Å². The molecule has 0 radical (unpaired) electrons. The van der Waals surface area contributed by atoms with Crippen molar-refractivity contribution in [3.63, 3.8) is 0 Å². The van der Waals surface area contributed by atoms with Gasteiger partial charge in [-0.25, -0.2) is 9.18 Å². The number of hydrogen-bond donors (Lipinski definition) is 3. The highest BCUT2D eigenvalue weighted by Crippen LogP contribution is 2.08. The minimum Gasteiger partial charge on any atom is -0.481 e. The maximum atomic E-state index is 12.8. The molecule has 0 bridgehead atoms. The summed E-state index contributed by atoms with van der Waals surface area (Å²) in [7, 11) is 0. The van der Waals surface area contributed by atoms with Crippen molar-refractivity contribution in [1.29, 1.82) is 0 Å². The normalized spacial score (nSPS) is 9.74. The number of halogens is 1. The highest BCUT2D eigenvalue weighted by molar-refractivity contribution is 6.01. The van der Waals surface area contributed by atoms with Crippen LogP contribution < -0.4 is 10.6 Å². The number of nitrogens with one attached hydrogen (secondary N) is 2. The number of amides is 3. The predicted molar refractivity (Wildman–Crippen MR) is 65.0 cm³/mol. The van der Waals surface area contributed by atoms with Crippen LogP contribution in [0, 0.1) is 5.82 Å². The summed E-state index contributed by atoms with van der Waals surface area (Å²) in [6, 6.07) is 4.43. The second-order valence-electron chi connectivity index (χ2n) is 3.76. The number of imide groups is 1. The van der Waals surface area contributed by atoms with E-state index < -0.39 is 23.7 Å². The van der Waals surface area contributed by atoms with Crippen molar-refractivity contribution < 1.29 is 23.9 Å². The Hall–Kier alpha value is -2.44. The summed E-state index contributed by atoms with van der Waals surface area (Å²) in [6.45, 7) is 0. The first-order valence-electron chi connectivity index (χ1n) is 5.55. The van der Waals surface area contributed by atoms with Gasteiger partial charge in [-0.2, -0.15) is 0 Å². The van der Waals surface area contributed by atoms with Gasteiger partial charge in [0.05, 0.1) is 0 Å². The zero-order valence-electron chi connectivity index (χ0n) is 9.98. The lowest BCUT2D eigenvalue weighted by Crippen LogP contribution is -2.34. The maximum absolute atomic E-state index is 12.8. The van der Waals surface area contributed by atoms with Crippen LogP contribution >= 0.6 is 0 Å². The molecule has 0 unspecified atom stereocenters. The molecular formula is C12H13FN2O4. The van der Waals surface area contributed by atoms with Gasteiger partial charge in [-0.05, 0) is 24.6 Å². The van der Waals surface area contributed by atoms with E-state index in [2.05, 4.69) is 5.32 Å². The van der Waals surface area contributed by atoms with E-state index >= 15 is 0 Å². The third kappa shape index (κ3) is 6.16. The zero-order valence-corrected chi connectivity index (χ0v) is 9.98. The van der Waals surface area contributed by atoms with Crippen molar-refractivity contribution >= 4 is 23.6 Å². The van der Waals surface area contributed by atoms with Crippen LogP contribution in [0.1, 0.15) is 19.3 Å². The molecule has 1 rings (SSSR count). The van der Waals surface area contributed by atoms with Crippen LogP contribution in [0.2, 0.25) is 0 Å². The van der Waals surface area contributed by atoms with E-state index in [1.807, 2.05) is 5.32 Å². The molecule has 0 saturated carbocycles. The van der Waals surface area contributed by atoms with Gasteiger partial charge in [0, 0.05) is 18.5 Å². The van der Waals surface area contributed by atoms with E-state index in [-0.39, 0.29) is 24.9 Å². The molecular weight excluding hydrogens is 255 g/mol. The molecule has 0 fully saturated rings. The Morgan fingerprint density at radius 2 is 1.95 bits per heavy atom. The molecule has 19 heavy (non-hydrogen) atoms. The van der Waals surface area contributed by atoms with Crippen molar-refractivity contribution in [1.82, 2.24) is 5.32 Å². The van der Waals surface area contributed by atoms with Crippen molar-refractivity contribution in [2.45, 2.75) is 19.3 Å². The molecule has 102 valence electrons. The zero-order chi connectivity index (χ0) is 14.3. The molecule has 0 atom stereocenters. The number of carboxylic acid groups (broad SMARTS) is 1. The van der Waals surface area contributed by atoms with E-state index in [9.17, 15) is 18.8 Å². The topological polar surface area (TPSA) is 95.5 Å². The summed E-state index contributed by atoms with van der Waals surface area (Å²) < 4.78 is 12.8. The average Bonchev–Trinajstić information content (AvgIpc) is 2.27. The van der Waals surface area contributed by atoms with E-state index in [4.69, 9.17) is 5.11 Å². The summed E-state index contributed by atoms with van der Waals surface area (Å²) in [5.74, 6) is -2.10. The number of carbonyl (C=O) groups is 3. The molecule has 0 aliphatic carbocycles. The van der Waals surface area contributed by atoms with Crippen molar-refractivity contribution in [3.8, 4) is 0 Å². The van der Waals surface area contributed by atoms with Gasteiger partial charge in [0.1, 0.15) is 5.82 Å². The van der Waals surface area contributed by atoms with Gasteiger partial charge in [0.2, 0.25) is 5.91 Å². The monoisotopic (exact) mass is 268 g/mol. The Labute approximate surface area is 108 Å². The van der Waals surface area contributed by atoms with E-state index in [0.29, 0.717) is 0 Å². The smallest absolute Gasteiger partial charge is 0.325 e. The summed E-state index contributed by atoms with van der Waals surface area (Å²) in [4.78, 5) is 32.8.